The Balaban J connectivity index is 2.05. The van der Waals surface area contributed by atoms with Crippen LogP contribution in [0.25, 0.3) is 0 Å². The van der Waals surface area contributed by atoms with Crippen molar-refractivity contribution in [2.75, 3.05) is 16.4 Å². The van der Waals surface area contributed by atoms with E-state index in [1.54, 1.807) is 25.7 Å². The molecule has 136 valence electrons. The van der Waals surface area contributed by atoms with Gasteiger partial charge in [0.25, 0.3) is 5.91 Å². The minimum absolute atomic E-state index is 0.0254. The lowest BCUT2D eigenvalue weighted by atomic mass is 9.96. The molecule has 0 saturated carbocycles. The van der Waals surface area contributed by atoms with Crippen LogP contribution >= 0.6 is 23.4 Å². The third kappa shape index (κ3) is 3.71. The van der Waals surface area contributed by atoms with Crippen LogP contribution in [0.2, 0.25) is 5.02 Å². The molecule has 2 saturated heterocycles. The van der Waals surface area contributed by atoms with Crippen LogP contribution in [-0.4, -0.2) is 42.3 Å². The van der Waals surface area contributed by atoms with E-state index in [9.17, 15) is 17.6 Å². The number of sulfone groups is 1. The number of aliphatic imine (C=N–C) groups is 1. The summed E-state index contributed by atoms with van der Waals surface area (Å²) in [4.78, 5) is 18.3. The maximum atomic E-state index is 13.5. The minimum atomic E-state index is -3.15. The standard InChI is InChI=1S/C16H18ClFN2O3S2/c1-16(2,3)14(21)19-15-20(9-4-5-11(18)10(17)6-9)12-7-25(22,23)8-13(12)24-15/h4-6,12-13H,7-8H2,1-3H3/t12-,13+/m1/s1. The summed E-state index contributed by atoms with van der Waals surface area (Å²) in [6, 6.07) is 3.83. The summed E-state index contributed by atoms with van der Waals surface area (Å²) in [6.07, 6.45) is 0. The number of thioether (sulfide) groups is 1. The van der Waals surface area contributed by atoms with Gasteiger partial charge in [-0.25, -0.2) is 12.8 Å². The summed E-state index contributed by atoms with van der Waals surface area (Å²) in [5.41, 5.74) is -0.118. The van der Waals surface area contributed by atoms with E-state index >= 15 is 0 Å². The molecule has 1 aromatic carbocycles. The van der Waals surface area contributed by atoms with Crippen molar-refractivity contribution in [3.63, 3.8) is 0 Å². The van der Waals surface area contributed by atoms with Crippen LogP contribution in [0.4, 0.5) is 10.1 Å². The molecule has 2 heterocycles. The smallest absolute Gasteiger partial charge is 0.253 e. The van der Waals surface area contributed by atoms with Gasteiger partial charge in [-0.15, -0.1) is 0 Å². The molecular weight excluding hydrogens is 387 g/mol. The van der Waals surface area contributed by atoms with E-state index < -0.39 is 21.1 Å². The molecule has 0 N–H and O–H groups in total. The van der Waals surface area contributed by atoms with Gasteiger partial charge < -0.3 is 4.90 Å². The number of carbonyl (C=O) groups is 1. The van der Waals surface area contributed by atoms with Crippen LogP contribution in [0.5, 0.6) is 0 Å². The largest absolute Gasteiger partial charge is 0.316 e. The molecule has 0 bridgehead atoms. The summed E-state index contributed by atoms with van der Waals surface area (Å²) in [5, 5.41) is 0.168. The summed E-state index contributed by atoms with van der Waals surface area (Å²) in [5.74, 6) is -0.841. The van der Waals surface area contributed by atoms with Crippen LogP contribution in [0, 0.1) is 11.2 Å². The number of carbonyl (C=O) groups excluding carboxylic acids is 1. The fourth-order valence-electron chi connectivity index (χ4n) is 2.76. The van der Waals surface area contributed by atoms with Crippen molar-refractivity contribution in [1.82, 2.24) is 0 Å². The van der Waals surface area contributed by atoms with Crippen molar-refractivity contribution in [2.45, 2.75) is 32.1 Å². The summed E-state index contributed by atoms with van der Waals surface area (Å²) in [7, 11) is -3.15. The molecule has 2 aliphatic heterocycles. The number of rotatable bonds is 1. The molecule has 9 heteroatoms. The third-order valence-corrected chi connectivity index (χ3v) is 7.59. The number of fused-ring (bicyclic) bond motifs is 1. The molecule has 3 rings (SSSR count). The SMILES string of the molecule is CC(C)(C)C(=O)N=C1S[C@H]2CS(=O)(=O)C[C@H]2N1c1ccc(F)c(Cl)c1. The number of anilines is 1. The zero-order valence-electron chi connectivity index (χ0n) is 14.0. The topological polar surface area (TPSA) is 66.8 Å². The molecule has 0 unspecified atom stereocenters. The zero-order chi connectivity index (χ0) is 18.6. The highest BCUT2D eigenvalue weighted by Gasteiger charge is 2.49. The summed E-state index contributed by atoms with van der Waals surface area (Å²) in [6.45, 7) is 5.30. The first-order chi connectivity index (χ1) is 11.5. The molecule has 2 atom stereocenters. The lowest BCUT2D eigenvalue weighted by molar-refractivity contribution is -0.124. The zero-order valence-corrected chi connectivity index (χ0v) is 16.4. The first kappa shape index (κ1) is 18.7. The van der Waals surface area contributed by atoms with E-state index in [1.807, 2.05) is 0 Å². The molecule has 1 aromatic rings. The van der Waals surface area contributed by atoms with Gasteiger partial charge in [0.1, 0.15) is 5.82 Å². The highest BCUT2D eigenvalue weighted by atomic mass is 35.5. The normalized spacial score (nSPS) is 26.9. The van der Waals surface area contributed by atoms with Gasteiger partial charge in [-0.05, 0) is 18.2 Å². The van der Waals surface area contributed by atoms with E-state index in [4.69, 9.17) is 11.6 Å². The predicted molar refractivity (Wildman–Crippen MR) is 99.6 cm³/mol. The average Bonchev–Trinajstić information content (AvgIpc) is 2.92. The quantitative estimate of drug-likeness (QED) is 0.719. The Hall–Kier alpha value is -1.12. The maximum Gasteiger partial charge on any atom is 0.253 e. The summed E-state index contributed by atoms with van der Waals surface area (Å²) >= 11 is 7.16. The highest BCUT2D eigenvalue weighted by molar-refractivity contribution is 8.16. The van der Waals surface area contributed by atoms with Crippen LogP contribution in [0.1, 0.15) is 20.8 Å². The minimum Gasteiger partial charge on any atom is -0.316 e. The Kier molecular flexibility index (Phi) is 4.66. The lowest BCUT2D eigenvalue weighted by Crippen LogP contribution is -2.38. The first-order valence-electron chi connectivity index (χ1n) is 7.72. The van der Waals surface area contributed by atoms with Crippen LogP contribution < -0.4 is 4.90 Å². The fraction of sp³-hybridized carbons (Fsp3) is 0.500. The van der Waals surface area contributed by atoms with Gasteiger partial charge in [0, 0.05) is 16.4 Å². The van der Waals surface area contributed by atoms with Gasteiger partial charge in [0.2, 0.25) is 0 Å². The van der Waals surface area contributed by atoms with Crippen LogP contribution in [-0.2, 0) is 14.6 Å². The van der Waals surface area contributed by atoms with E-state index in [-0.39, 0.29) is 33.7 Å². The predicted octanol–water partition coefficient (Wildman–Crippen LogP) is 3.13. The maximum absolute atomic E-state index is 13.5. The average molecular weight is 405 g/mol. The van der Waals surface area contributed by atoms with Crippen LogP contribution in [0.15, 0.2) is 23.2 Å². The summed E-state index contributed by atoms with van der Waals surface area (Å²) < 4.78 is 37.5. The second-order valence-corrected chi connectivity index (χ2v) is 11.0. The van der Waals surface area contributed by atoms with Gasteiger partial charge in [-0.2, -0.15) is 4.99 Å². The van der Waals surface area contributed by atoms with E-state index in [2.05, 4.69) is 4.99 Å². The number of halogens is 2. The lowest BCUT2D eigenvalue weighted by Gasteiger charge is -2.25. The number of hydrogen-bond acceptors (Lipinski definition) is 4. The van der Waals surface area contributed by atoms with Crippen LogP contribution in [0.3, 0.4) is 0 Å². The number of benzene rings is 1. The van der Waals surface area contributed by atoms with Crippen molar-refractivity contribution in [3.8, 4) is 0 Å². The van der Waals surface area contributed by atoms with Crippen molar-refractivity contribution in [3.05, 3.63) is 29.0 Å². The van der Waals surface area contributed by atoms with E-state index in [0.29, 0.717) is 10.9 Å². The molecule has 0 spiro atoms. The third-order valence-electron chi connectivity index (χ3n) is 4.09. The molecular formula is C16H18ClFN2O3S2. The van der Waals surface area contributed by atoms with E-state index in [0.717, 1.165) is 0 Å². The Morgan fingerprint density at radius 2 is 2.04 bits per heavy atom. The molecule has 1 amide bonds. The monoisotopic (exact) mass is 404 g/mol. The first-order valence-corrected chi connectivity index (χ1v) is 10.8. The molecule has 0 radical (unpaired) electrons. The number of amides is 1. The van der Waals surface area contributed by atoms with Gasteiger partial charge in [0.05, 0.1) is 22.6 Å². The van der Waals surface area contributed by atoms with Gasteiger partial charge >= 0.3 is 0 Å². The fourth-order valence-corrected chi connectivity index (χ4v) is 6.84. The second kappa shape index (κ2) is 6.25. The van der Waals surface area contributed by atoms with Gasteiger partial charge in [-0.1, -0.05) is 44.1 Å². The molecule has 2 aliphatic rings. The van der Waals surface area contributed by atoms with E-state index in [1.165, 1.54) is 30.0 Å². The highest BCUT2D eigenvalue weighted by Crippen LogP contribution is 2.42. The Labute approximate surface area is 155 Å². The Morgan fingerprint density at radius 1 is 1.36 bits per heavy atom. The Morgan fingerprint density at radius 3 is 2.64 bits per heavy atom. The van der Waals surface area contributed by atoms with Crippen molar-refractivity contribution < 1.29 is 17.6 Å². The van der Waals surface area contributed by atoms with Crippen molar-refractivity contribution >= 4 is 50.0 Å². The number of amidine groups is 1. The Bertz CT molecular complexity index is 865. The second-order valence-electron chi connectivity index (χ2n) is 7.22. The molecule has 25 heavy (non-hydrogen) atoms. The van der Waals surface area contributed by atoms with Gasteiger partial charge in [0.15, 0.2) is 15.0 Å². The molecule has 0 aromatic heterocycles. The molecule has 0 aliphatic carbocycles. The molecule has 5 nitrogen and oxygen atoms in total. The number of hydrogen-bond donors (Lipinski definition) is 0. The van der Waals surface area contributed by atoms with Crippen molar-refractivity contribution in [2.24, 2.45) is 10.4 Å². The van der Waals surface area contributed by atoms with Crippen molar-refractivity contribution in [1.29, 1.82) is 0 Å². The molecule has 2 fully saturated rings. The number of nitrogens with zero attached hydrogens (tertiary/aromatic N) is 2. The van der Waals surface area contributed by atoms with Gasteiger partial charge in [-0.3, -0.25) is 4.79 Å².